The molecule has 7 nitrogen and oxygen atoms in total. The lowest BCUT2D eigenvalue weighted by Crippen LogP contribution is -2.50. The normalized spacial score (nSPS) is 23.6. The van der Waals surface area contributed by atoms with Gasteiger partial charge in [-0.15, -0.1) is 0 Å². The van der Waals surface area contributed by atoms with Gasteiger partial charge in [-0.2, -0.15) is 5.10 Å². The van der Waals surface area contributed by atoms with Crippen LogP contribution in [0, 0.1) is 19.8 Å². The molecule has 178 valence electrons. The van der Waals surface area contributed by atoms with Crippen LogP contribution in [-0.2, 0) is 4.79 Å². The van der Waals surface area contributed by atoms with Gasteiger partial charge in [0.15, 0.2) is 0 Å². The van der Waals surface area contributed by atoms with E-state index in [1.54, 1.807) is 6.08 Å². The molecule has 34 heavy (non-hydrogen) atoms. The first-order chi connectivity index (χ1) is 16.3. The number of amides is 1. The number of carbonyl (C=O) groups excluding carboxylic acids is 1. The molecule has 5 heterocycles. The number of nitrogens with zero attached hydrogens (tertiary/aromatic N) is 5. The van der Waals surface area contributed by atoms with Crippen LogP contribution in [0.4, 0.5) is 0 Å². The topological polar surface area (TPSA) is 65.8 Å². The minimum Gasteiger partial charge on any atom is -0.367 e. The molecule has 1 saturated heterocycles. The molecule has 1 fully saturated rings. The third-order valence-corrected chi connectivity index (χ3v) is 7.17. The molecule has 3 aliphatic heterocycles. The number of carbonyl (C=O) groups is 1. The molecule has 0 saturated carbocycles. The summed E-state index contributed by atoms with van der Waals surface area (Å²) in [7, 11) is 0. The van der Waals surface area contributed by atoms with E-state index in [1.165, 1.54) is 0 Å². The highest BCUT2D eigenvalue weighted by atomic mass is 16.2. The molecule has 0 spiro atoms. The van der Waals surface area contributed by atoms with Crippen molar-refractivity contribution in [3.05, 3.63) is 70.7 Å². The lowest BCUT2D eigenvalue weighted by atomic mass is 9.91. The van der Waals surface area contributed by atoms with Crippen LogP contribution < -0.4 is 5.32 Å². The second-order valence-electron chi connectivity index (χ2n) is 9.75. The molecule has 0 aliphatic carbocycles. The van der Waals surface area contributed by atoms with Gasteiger partial charge in [-0.05, 0) is 62.8 Å². The zero-order valence-corrected chi connectivity index (χ0v) is 20.8. The predicted molar refractivity (Wildman–Crippen MR) is 135 cm³/mol. The van der Waals surface area contributed by atoms with Gasteiger partial charge in [0.2, 0.25) is 0 Å². The molecule has 2 aromatic heterocycles. The van der Waals surface area contributed by atoms with Gasteiger partial charge in [-0.1, -0.05) is 19.9 Å². The smallest absolute Gasteiger partial charge is 0.255 e. The van der Waals surface area contributed by atoms with Crippen LogP contribution in [0.2, 0.25) is 0 Å². The molecule has 5 rings (SSSR count). The van der Waals surface area contributed by atoms with Crippen molar-refractivity contribution in [2.45, 2.75) is 53.5 Å². The fourth-order valence-electron chi connectivity index (χ4n) is 5.19. The first-order valence-electron chi connectivity index (χ1n) is 12.3. The number of aromatic nitrogens is 3. The molecule has 0 radical (unpaired) electrons. The Kier molecular flexibility index (Phi) is 5.90. The average Bonchev–Trinajstić information content (AvgIpc) is 3.24. The van der Waals surface area contributed by atoms with Crippen LogP contribution in [0.5, 0.6) is 0 Å². The first kappa shape index (κ1) is 22.6. The summed E-state index contributed by atoms with van der Waals surface area (Å²) in [5.74, 6) is 0.151. The maximum absolute atomic E-state index is 13.6. The van der Waals surface area contributed by atoms with E-state index in [9.17, 15) is 4.79 Å². The van der Waals surface area contributed by atoms with Gasteiger partial charge in [0, 0.05) is 43.6 Å². The number of hydrogen-bond donors (Lipinski definition) is 1. The van der Waals surface area contributed by atoms with Crippen LogP contribution in [0.1, 0.15) is 50.7 Å². The predicted octanol–water partition coefficient (Wildman–Crippen LogP) is 3.97. The Bertz CT molecular complexity index is 1260. The number of aryl methyl sites for hydroxylation is 2. The van der Waals surface area contributed by atoms with E-state index in [-0.39, 0.29) is 11.8 Å². The van der Waals surface area contributed by atoms with Crippen molar-refractivity contribution in [2.75, 3.05) is 19.6 Å². The molecule has 1 amide bonds. The van der Waals surface area contributed by atoms with Crippen molar-refractivity contribution in [3.8, 4) is 0 Å². The molecular weight excluding hydrogens is 424 g/mol. The number of fused-ring (bicyclic) bond motifs is 2. The largest absolute Gasteiger partial charge is 0.367 e. The Hall–Kier alpha value is -3.19. The Morgan fingerprint density at radius 2 is 2.03 bits per heavy atom. The quantitative estimate of drug-likeness (QED) is 0.754. The third-order valence-electron chi connectivity index (χ3n) is 7.17. The van der Waals surface area contributed by atoms with Gasteiger partial charge in [-0.3, -0.25) is 14.7 Å². The van der Waals surface area contributed by atoms with Crippen LogP contribution in [0.3, 0.4) is 0 Å². The van der Waals surface area contributed by atoms with Gasteiger partial charge in [-0.25, -0.2) is 4.52 Å². The highest BCUT2D eigenvalue weighted by Crippen LogP contribution is 2.34. The average molecular weight is 459 g/mol. The molecule has 1 N–H and O–H groups in total. The standard InChI is InChI=1S/C27H34N6O/c1-6-21-15-31(10-9-28-21)22-11-18(3)25-8-7-17(2)23(12-27(34)32(25)16-22)24-13-26-20(5)29-19(4)14-33(26)30-24/h8,11-14,16-17,21,28H,6-7,9-10,15H2,1-5H3. The summed E-state index contributed by atoms with van der Waals surface area (Å²) < 4.78 is 1.88. The van der Waals surface area contributed by atoms with Crippen molar-refractivity contribution in [1.82, 2.24) is 29.7 Å². The van der Waals surface area contributed by atoms with Gasteiger partial charge < -0.3 is 10.2 Å². The summed E-state index contributed by atoms with van der Waals surface area (Å²) in [6, 6.07) is 2.53. The Morgan fingerprint density at radius 3 is 2.82 bits per heavy atom. The fraction of sp³-hybridized carbons (Fsp3) is 0.444. The molecule has 2 atom stereocenters. The molecule has 0 aromatic carbocycles. The summed E-state index contributed by atoms with van der Waals surface area (Å²) in [6.45, 7) is 13.3. The number of rotatable bonds is 3. The fourth-order valence-corrected chi connectivity index (χ4v) is 5.19. The second kappa shape index (κ2) is 8.87. The van der Waals surface area contributed by atoms with Crippen molar-refractivity contribution in [1.29, 1.82) is 0 Å². The summed E-state index contributed by atoms with van der Waals surface area (Å²) in [5, 5.41) is 8.39. The van der Waals surface area contributed by atoms with Crippen LogP contribution in [-0.4, -0.2) is 56.0 Å². The number of allylic oxidation sites excluding steroid dienone is 4. The maximum Gasteiger partial charge on any atom is 0.255 e. The van der Waals surface area contributed by atoms with E-state index in [2.05, 4.69) is 54.2 Å². The molecule has 7 heteroatoms. The van der Waals surface area contributed by atoms with E-state index in [4.69, 9.17) is 5.10 Å². The molecule has 0 bridgehead atoms. The van der Waals surface area contributed by atoms with E-state index in [0.717, 1.165) is 77.6 Å². The molecule has 2 unspecified atom stereocenters. The third kappa shape index (κ3) is 4.09. The molecule has 2 aromatic rings. The Morgan fingerprint density at radius 1 is 1.21 bits per heavy atom. The number of hydrogen-bond acceptors (Lipinski definition) is 5. The number of nitrogens with one attached hydrogen (secondary N) is 1. The monoisotopic (exact) mass is 458 g/mol. The van der Waals surface area contributed by atoms with Gasteiger partial charge >= 0.3 is 0 Å². The lowest BCUT2D eigenvalue weighted by molar-refractivity contribution is -0.122. The van der Waals surface area contributed by atoms with E-state index in [1.807, 2.05) is 35.7 Å². The lowest BCUT2D eigenvalue weighted by Gasteiger charge is -2.38. The minimum absolute atomic E-state index is 0.0250. The molecule has 3 aliphatic rings. The van der Waals surface area contributed by atoms with Crippen LogP contribution >= 0.6 is 0 Å². The van der Waals surface area contributed by atoms with Crippen molar-refractivity contribution in [3.63, 3.8) is 0 Å². The number of piperazine rings is 1. The van der Waals surface area contributed by atoms with Crippen LogP contribution in [0.15, 0.2) is 53.7 Å². The summed E-state index contributed by atoms with van der Waals surface area (Å²) in [5.41, 5.74) is 7.88. The second-order valence-corrected chi connectivity index (χ2v) is 9.75. The van der Waals surface area contributed by atoms with Gasteiger partial charge in [0.25, 0.3) is 5.91 Å². The molecular formula is C27H34N6O. The highest BCUT2D eigenvalue weighted by Gasteiger charge is 2.28. The SMILES string of the molecule is CCC1CN(C2=CN3C(=O)C=C(c4cc5c(C)nc(C)cn5n4)C(C)CC=C3C(C)=C2)CCN1. The highest BCUT2D eigenvalue weighted by molar-refractivity contribution is 5.98. The van der Waals surface area contributed by atoms with E-state index >= 15 is 0 Å². The van der Waals surface area contributed by atoms with Crippen molar-refractivity contribution in [2.24, 2.45) is 5.92 Å². The van der Waals surface area contributed by atoms with Gasteiger partial charge in [0.1, 0.15) is 0 Å². The van der Waals surface area contributed by atoms with E-state index in [0.29, 0.717) is 6.04 Å². The first-order valence-corrected chi connectivity index (χ1v) is 12.3. The van der Waals surface area contributed by atoms with E-state index < -0.39 is 0 Å². The van der Waals surface area contributed by atoms with Crippen molar-refractivity contribution < 1.29 is 4.79 Å². The minimum atomic E-state index is -0.0250. The zero-order valence-electron chi connectivity index (χ0n) is 20.8. The zero-order chi connectivity index (χ0) is 24.0. The summed E-state index contributed by atoms with van der Waals surface area (Å²) in [4.78, 5) is 22.4. The maximum atomic E-state index is 13.6. The van der Waals surface area contributed by atoms with Crippen LogP contribution in [0.25, 0.3) is 11.1 Å². The summed E-state index contributed by atoms with van der Waals surface area (Å²) >= 11 is 0. The Labute approximate surface area is 201 Å². The summed E-state index contributed by atoms with van der Waals surface area (Å²) in [6.07, 6.45) is 12.1. The van der Waals surface area contributed by atoms with Gasteiger partial charge in [0.05, 0.1) is 34.5 Å². The Balaban J connectivity index is 1.51. The van der Waals surface area contributed by atoms with Crippen molar-refractivity contribution >= 4 is 17.0 Å².